The highest BCUT2D eigenvalue weighted by molar-refractivity contribution is 6.04. The van der Waals surface area contributed by atoms with Crippen molar-refractivity contribution in [1.82, 2.24) is 10.3 Å². The third-order valence-electron chi connectivity index (χ3n) is 3.53. The lowest BCUT2D eigenvalue weighted by Crippen LogP contribution is -2.35. The Balaban J connectivity index is 2.05. The molecule has 2 aromatic rings. The summed E-state index contributed by atoms with van der Waals surface area (Å²) in [4.78, 5) is 28.5. The number of esters is 1. The normalized spacial score (nSPS) is 12.0. The van der Waals surface area contributed by atoms with Crippen LogP contribution in [0.1, 0.15) is 42.7 Å². The molecule has 1 N–H and O–H groups in total. The van der Waals surface area contributed by atoms with Crippen LogP contribution in [0.25, 0.3) is 10.9 Å². The quantitative estimate of drug-likeness (QED) is 0.832. The minimum absolute atomic E-state index is 0.0789. The summed E-state index contributed by atoms with van der Waals surface area (Å²) >= 11 is 0. The molecule has 0 bridgehead atoms. The van der Waals surface area contributed by atoms with Crippen LogP contribution in [0.3, 0.4) is 0 Å². The number of para-hydroxylation sites is 1. The molecular weight excluding hydrogens is 292 g/mol. The maximum Gasteiger partial charge on any atom is 0.339 e. The Kier molecular flexibility index (Phi) is 5.68. The molecule has 1 atom stereocenters. The largest absolute Gasteiger partial charge is 0.452 e. The van der Waals surface area contributed by atoms with Gasteiger partial charge < -0.3 is 10.1 Å². The standard InChI is InChI=1S/C18H22N2O3/c1-4-7-12(2)20-17(21)11-23-18(22)15-10-13(3)19-16-9-6-5-8-14(15)16/h5-6,8-10,12H,4,7,11H2,1-3H3,(H,20,21)/t12-/m1/s1. The Hall–Kier alpha value is -2.43. The first-order valence-electron chi connectivity index (χ1n) is 7.84. The van der Waals surface area contributed by atoms with E-state index >= 15 is 0 Å². The molecule has 0 spiro atoms. The number of ether oxygens (including phenoxy) is 1. The fourth-order valence-corrected chi connectivity index (χ4v) is 2.51. The van der Waals surface area contributed by atoms with Gasteiger partial charge in [0, 0.05) is 17.1 Å². The van der Waals surface area contributed by atoms with Crippen LogP contribution in [-0.2, 0) is 9.53 Å². The molecule has 122 valence electrons. The molecule has 0 aliphatic carbocycles. The topological polar surface area (TPSA) is 68.3 Å². The van der Waals surface area contributed by atoms with Gasteiger partial charge in [0.2, 0.25) is 0 Å². The zero-order chi connectivity index (χ0) is 16.8. The molecule has 0 saturated heterocycles. The van der Waals surface area contributed by atoms with Crippen LogP contribution in [-0.4, -0.2) is 29.5 Å². The molecule has 0 fully saturated rings. The average Bonchev–Trinajstić information content (AvgIpc) is 2.52. The summed E-state index contributed by atoms with van der Waals surface area (Å²) in [6.45, 7) is 5.54. The van der Waals surface area contributed by atoms with Crippen LogP contribution in [0, 0.1) is 6.92 Å². The molecule has 5 heteroatoms. The van der Waals surface area contributed by atoms with E-state index < -0.39 is 5.97 Å². The molecule has 1 aromatic heterocycles. The van der Waals surface area contributed by atoms with Gasteiger partial charge >= 0.3 is 5.97 Å². The summed E-state index contributed by atoms with van der Waals surface area (Å²) in [5.74, 6) is -0.792. The zero-order valence-electron chi connectivity index (χ0n) is 13.8. The van der Waals surface area contributed by atoms with Crippen LogP contribution in [0.4, 0.5) is 0 Å². The number of hydrogen-bond donors (Lipinski definition) is 1. The molecule has 1 heterocycles. The second-order valence-electron chi connectivity index (χ2n) is 5.66. The van der Waals surface area contributed by atoms with E-state index in [-0.39, 0.29) is 18.6 Å². The molecule has 0 aliphatic heterocycles. The average molecular weight is 314 g/mol. The number of fused-ring (bicyclic) bond motifs is 1. The van der Waals surface area contributed by atoms with Crippen molar-refractivity contribution in [2.24, 2.45) is 0 Å². The maximum absolute atomic E-state index is 12.3. The second kappa shape index (κ2) is 7.72. The fraction of sp³-hybridized carbons (Fsp3) is 0.389. The fourth-order valence-electron chi connectivity index (χ4n) is 2.51. The SMILES string of the molecule is CCC[C@@H](C)NC(=O)COC(=O)c1cc(C)nc2ccccc12. The van der Waals surface area contributed by atoms with E-state index in [9.17, 15) is 9.59 Å². The van der Waals surface area contributed by atoms with Crippen LogP contribution < -0.4 is 5.32 Å². The molecule has 0 saturated carbocycles. The van der Waals surface area contributed by atoms with Crippen LogP contribution in [0.15, 0.2) is 30.3 Å². The van der Waals surface area contributed by atoms with Gasteiger partial charge in [-0.1, -0.05) is 31.5 Å². The van der Waals surface area contributed by atoms with Gasteiger partial charge in [0.05, 0.1) is 11.1 Å². The number of carbonyl (C=O) groups excluding carboxylic acids is 2. The number of pyridine rings is 1. The highest BCUT2D eigenvalue weighted by atomic mass is 16.5. The number of carbonyl (C=O) groups is 2. The summed E-state index contributed by atoms with van der Waals surface area (Å²) in [6.07, 6.45) is 1.89. The minimum Gasteiger partial charge on any atom is -0.452 e. The Morgan fingerprint density at radius 3 is 2.78 bits per heavy atom. The molecule has 0 unspecified atom stereocenters. The van der Waals surface area contributed by atoms with Gasteiger partial charge in [0.1, 0.15) is 0 Å². The smallest absolute Gasteiger partial charge is 0.339 e. The lowest BCUT2D eigenvalue weighted by molar-refractivity contribution is -0.124. The van der Waals surface area contributed by atoms with Crippen LogP contribution >= 0.6 is 0 Å². The van der Waals surface area contributed by atoms with Crippen molar-refractivity contribution in [3.63, 3.8) is 0 Å². The molecule has 0 radical (unpaired) electrons. The van der Waals surface area contributed by atoms with Crippen molar-refractivity contribution < 1.29 is 14.3 Å². The summed E-state index contributed by atoms with van der Waals surface area (Å²) in [5.41, 5.74) is 1.90. The monoisotopic (exact) mass is 314 g/mol. The number of benzene rings is 1. The van der Waals surface area contributed by atoms with Gasteiger partial charge in [-0.25, -0.2) is 4.79 Å². The van der Waals surface area contributed by atoms with E-state index in [2.05, 4.69) is 17.2 Å². The van der Waals surface area contributed by atoms with Crippen molar-refractivity contribution in [2.75, 3.05) is 6.61 Å². The summed E-state index contributed by atoms with van der Waals surface area (Å²) in [6, 6.07) is 9.14. The minimum atomic E-state index is -0.509. The molecule has 0 aliphatic rings. The predicted octanol–water partition coefficient (Wildman–Crippen LogP) is 3.00. The number of aromatic nitrogens is 1. The Bertz CT molecular complexity index is 712. The van der Waals surface area contributed by atoms with Gasteiger partial charge in [-0.05, 0) is 32.4 Å². The summed E-state index contributed by atoms with van der Waals surface area (Å²) in [5, 5.41) is 3.53. The molecule has 2 rings (SSSR count). The third-order valence-corrected chi connectivity index (χ3v) is 3.53. The van der Waals surface area contributed by atoms with Gasteiger partial charge in [-0.2, -0.15) is 0 Å². The first-order chi connectivity index (χ1) is 11.0. The van der Waals surface area contributed by atoms with Gasteiger partial charge in [0.25, 0.3) is 5.91 Å². The number of hydrogen-bond acceptors (Lipinski definition) is 4. The Morgan fingerprint density at radius 2 is 2.04 bits per heavy atom. The highest BCUT2D eigenvalue weighted by Crippen LogP contribution is 2.19. The van der Waals surface area contributed by atoms with Gasteiger partial charge in [-0.15, -0.1) is 0 Å². The van der Waals surface area contributed by atoms with E-state index in [1.807, 2.05) is 38.1 Å². The molecule has 23 heavy (non-hydrogen) atoms. The third kappa shape index (κ3) is 4.52. The van der Waals surface area contributed by atoms with Crippen molar-refractivity contribution in [1.29, 1.82) is 0 Å². The van der Waals surface area contributed by atoms with Crippen molar-refractivity contribution >= 4 is 22.8 Å². The number of amides is 1. The number of rotatable bonds is 6. The van der Waals surface area contributed by atoms with Crippen LogP contribution in [0.5, 0.6) is 0 Å². The van der Waals surface area contributed by atoms with Crippen molar-refractivity contribution in [3.05, 3.63) is 41.6 Å². The maximum atomic E-state index is 12.3. The number of nitrogens with zero attached hydrogens (tertiary/aromatic N) is 1. The van der Waals surface area contributed by atoms with Crippen molar-refractivity contribution in [3.8, 4) is 0 Å². The van der Waals surface area contributed by atoms with E-state index in [1.54, 1.807) is 6.07 Å². The molecular formula is C18H22N2O3. The number of aryl methyl sites for hydroxylation is 1. The molecule has 5 nitrogen and oxygen atoms in total. The lowest BCUT2D eigenvalue weighted by atomic mass is 10.1. The van der Waals surface area contributed by atoms with E-state index in [0.717, 1.165) is 29.4 Å². The summed E-state index contributed by atoms with van der Waals surface area (Å²) < 4.78 is 5.15. The molecule has 1 aromatic carbocycles. The first kappa shape index (κ1) is 16.9. The van der Waals surface area contributed by atoms with E-state index in [1.165, 1.54) is 0 Å². The Labute approximate surface area is 136 Å². The van der Waals surface area contributed by atoms with Gasteiger partial charge in [-0.3, -0.25) is 9.78 Å². The van der Waals surface area contributed by atoms with Crippen molar-refractivity contribution in [2.45, 2.75) is 39.7 Å². The lowest BCUT2D eigenvalue weighted by Gasteiger charge is -2.13. The number of nitrogens with one attached hydrogen (secondary N) is 1. The first-order valence-corrected chi connectivity index (χ1v) is 7.84. The van der Waals surface area contributed by atoms with E-state index in [0.29, 0.717) is 5.56 Å². The van der Waals surface area contributed by atoms with Gasteiger partial charge in [0.15, 0.2) is 6.61 Å². The second-order valence-corrected chi connectivity index (χ2v) is 5.66. The highest BCUT2D eigenvalue weighted by Gasteiger charge is 2.15. The zero-order valence-corrected chi connectivity index (χ0v) is 13.8. The Morgan fingerprint density at radius 1 is 1.30 bits per heavy atom. The summed E-state index contributed by atoms with van der Waals surface area (Å²) in [7, 11) is 0. The van der Waals surface area contributed by atoms with E-state index in [4.69, 9.17) is 4.74 Å². The molecule has 1 amide bonds. The van der Waals surface area contributed by atoms with Crippen LogP contribution in [0.2, 0.25) is 0 Å². The predicted molar refractivity (Wildman–Crippen MR) is 89.3 cm³/mol.